The van der Waals surface area contributed by atoms with Crippen molar-refractivity contribution in [3.8, 4) is 0 Å². The molecule has 5 heteroatoms. The number of carbonyl (C=O) groups is 1. The number of nitrogens with zero attached hydrogens (tertiary/aromatic N) is 2. The van der Waals surface area contributed by atoms with Gasteiger partial charge in [-0.1, -0.05) is 0 Å². The van der Waals surface area contributed by atoms with E-state index in [0.29, 0.717) is 11.4 Å². The molecular formula is C13H12BrN3O. The molecule has 0 saturated heterocycles. The third kappa shape index (κ3) is 2.92. The van der Waals surface area contributed by atoms with Gasteiger partial charge in [0.05, 0.1) is 5.56 Å². The lowest BCUT2D eigenvalue weighted by molar-refractivity contribution is 0.102. The van der Waals surface area contributed by atoms with Gasteiger partial charge in [0, 0.05) is 23.1 Å². The van der Waals surface area contributed by atoms with Crippen molar-refractivity contribution in [3.63, 3.8) is 0 Å². The Morgan fingerprint density at radius 3 is 2.67 bits per heavy atom. The maximum Gasteiger partial charge on any atom is 0.258 e. The zero-order valence-corrected chi connectivity index (χ0v) is 11.7. The third-order valence-corrected chi connectivity index (χ3v) is 3.26. The van der Waals surface area contributed by atoms with Gasteiger partial charge in [-0.2, -0.15) is 0 Å². The number of rotatable bonds is 2. The average Bonchev–Trinajstić information content (AvgIpc) is 2.34. The van der Waals surface area contributed by atoms with Gasteiger partial charge in [0.15, 0.2) is 0 Å². The number of aryl methyl sites for hydroxylation is 2. The van der Waals surface area contributed by atoms with Crippen LogP contribution < -0.4 is 5.32 Å². The maximum atomic E-state index is 12.0. The van der Waals surface area contributed by atoms with Crippen LogP contribution in [-0.4, -0.2) is 15.9 Å². The minimum atomic E-state index is -0.208. The second-order valence-electron chi connectivity index (χ2n) is 4.02. The molecule has 0 aromatic carbocycles. The lowest BCUT2D eigenvalue weighted by atomic mass is 10.2. The van der Waals surface area contributed by atoms with Crippen LogP contribution in [0.3, 0.4) is 0 Å². The molecule has 0 aliphatic rings. The second kappa shape index (κ2) is 5.27. The molecule has 0 atom stereocenters. The molecule has 92 valence electrons. The van der Waals surface area contributed by atoms with Gasteiger partial charge in [-0.3, -0.25) is 9.78 Å². The Bertz CT molecular complexity index is 599. The normalized spacial score (nSPS) is 10.2. The molecule has 2 heterocycles. The molecule has 4 nitrogen and oxygen atoms in total. The van der Waals surface area contributed by atoms with Crippen molar-refractivity contribution in [1.82, 2.24) is 9.97 Å². The van der Waals surface area contributed by atoms with E-state index in [0.717, 1.165) is 15.6 Å². The van der Waals surface area contributed by atoms with Crippen LogP contribution in [0.5, 0.6) is 0 Å². The quantitative estimate of drug-likeness (QED) is 0.927. The number of nitrogens with one attached hydrogen (secondary N) is 1. The predicted octanol–water partition coefficient (Wildman–Crippen LogP) is 3.11. The van der Waals surface area contributed by atoms with Gasteiger partial charge in [-0.05, 0) is 53.0 Å². The standard InChI is InChI=1S/C13H12BrN3O/c1-8-3-10(6-15-5-8)13(18)17-12-4-9(2)11(14)7-16-12/h3-7H,1-2H3,(H,16,17,18). The van der Waals surface area contributed by atoms with Gasteiger partial charge in [0.1, 0.15) is 5.82 Å². The Labute approximate surface area is 114 Å². The lowest BCUT2D eigenvalue weighted by Crippen LogP contribution is -2.13. The third-order valence-electron chi connectivity index (χ3n) is 2.43. The monoisotopic (exact) mass is 305 g/mol. The van der Waals surface area contributed by atoms with Crippen LogP contribution >= 0.6 is 15.9 Å². The van der Waals surface area contributed by atoms with Crippen molar-refractivity contribution in [2.24, 2.45) is 0 Å². The number of amides is 1. The number of anilines is 1. The molecule has 0 saturated carbocycles. The summed E-state index contributed by atoms with van der Waals surface area (Å²) in [4.78, 5) is 20.1. The fourth-order valence-corrected chi connectivity index (χ4v) is 1.69. The van der Waals surface area contributed by atoms with Crippen LogP contribution in [0.1, 0.15) is 21.5 Å². The molecule has 0 aliphatic carbocycles. The van der Waals surface area contributed by atoms with Crippen molar-refractivity contribution >= 4 is 27.7 Å². The van der Waals surface area contributed by atoms with Gasteiger partial charge < -0.3 is 5.32 Å². The van der Waals surface area contributed by atoms with E-state index in [9.17, 15) is 4.79 Å². The summed E-state index contributed by atoms with van der Waals surface area (Å²) in [6.45, 7) is 3.83. The first-order chi connectivity index (χ1) is 8.56. The average molecular weight is 306 g/mol. The van der Waals surface area contributed by atoms with E-state index in [1.807, 2.05) is 19.9 Å². The highest BCUT2D eigenvalue weighted by Gasteiger charge is 2.08. The largest absolute Gasteiger partial charge is 0.307 e. The van der Waals surface area contributed by atoms with E-state index >= 15 is 0 Å². The van der Waals surface area contributed by atoms with E-state index in [4.69, 9.17) is 0 Å². The summed E-state index contributed by atoms with van der Waals surface area (Å²) in [6, 6.07) is 3.60. The van der Waals surface area contributed by atoms with E-state index < -0.39 is 0 Å². The number of aromatic nitrogens is 2. The molecule has 0 bridgehead atoms. The van der Waals surface area contributed by atoms with Crippen LogP contribution in [0.25, 0.3) is 0 Å². The van der Waals surface area contributed by atoms with Crippen LogP contribution in [0.4, 0.5) is 5.82 Å². The molecule has 18 heavy (non-hydrogen) atoms. The number of hydrogen-bond donors (Lipinski definition) is 1. The molecule has 0 fully saturated rings. The van der Waals surface area contributed by atoms with E-state index in [1.54, 1.807) is 18.5 Å². The van der Waals surface area contributed by atoms with Crippen molar-refractivity contribution in [2.75, 3.05) is 5.32 Å². The predicted molar refractivity (Wildman–Crippen MR) is 73.6 cm³/mol. The number of pyridine rings is 2. The SMILES string of the molecule is Cc1cncc(C(=O)Nc2cc(C)c(Br)cn2)c1. The summed E-state index contributed by atoms with van der Waals surface area (Å²) < 4.78 is 0.915. The number of halogens is 1. The number of carbonyl (C=O) groups excluding carboxylic acids is 1. The summed E-state index contributed by atoms with van der Waals surface area (Å²) in [5, 5.41) is 2.74. The van der Waals surface area contributed by atoms with Gasteiger partial charge in [0.25, 0.3) is 5.91 Å². The summed E-state index contributed by atoms with van der Waals surface area (Å²) >= 11 is 3.36. The minimum absolute atomic E-state index is 0.208. The lowest BCUT2D eigenvalue weighted by Gasteiger charge is -2.06. The van der Waals surface area contributed by atoms with Gasteiger partial charge in [-0.25, -0.2) is 4.98 Å². The van der Waals surface area contributed by atoms with E-state index in [2.05, 4.69) is 31.2 Å². The van der Waals surface area contributed by atoms with Crippen molar-refractivity contribution in [3.05, 3.63) is 51.9 Å². The van der Waals surface area contributed by atoms with Gasteiger partial charge >= 0.3 is 0 Å². The Morgan fingerprint density at radius 2 is 2.00 bits per heavy atom. The summed E-state index contributed by atoms with van der Waals surface area (Å²) in [5.74, 6) is 0.322. The highest BCUT2D eigenvalue weighted by Crippen LogP contribution is 2.17. The minimum Gasteiger partial charge on any atom is -0.307 e. The molecule has 1 N–H and O–H groups in total. The first kappa shape index (κ1) is 12.7. The van der Waals surface area contributed by atoms with E-state index in [-0.39, 0.29) is 5.91 Å². The van der Waals surface area contributed by atoms with Crippen LogP contribution in [0, 0.1) is 13.8 Å². The fourth-order valence-electron chi connectivity index (χ4n) is 1.48. The molecule has 0 spiro atoms. The van der Waals surface area contributed by atoms with Crippen LogP contribution in [0.2, 0.25) is 0 Å². The van der Waals surface area contributed by atoms with Crippen molar-refractivity contribution in [2.45, 2.75) is 13.8 Å². The van der Waals surface area contributed by atoms with Crippen LogP contribution in [0.15, 0.2) is 35.2 Å². The first-order valence-electron chi connectivity index (χ1n) is 5.41. The molecule has 0 aliphatic heterocycles. The van der Waals surface area contributed by atoms with Gasteiger partial charge in [0.2, 0.25) is 0 Å². The zero-order valence-electron chi connectivity index (χ0n) is 10.1. The molecule has 1 amide bonds. The Kier molecular flexibility index (Phi) is 3.72. The second-order valence-corrected chi connectivity index (χ2v) is 4.88. The van der Waals surface area contributed by atoms with Crippen molar-refractivity contribution in [1.29, 1.82) is 0 Å². The smallest absolute Gasteiger partial charge is 0.258 e. The fraction of sp³-hybridized carbons (Fsp3) is 0.154. The topological polar surface area (TPSA) is 54.9 Å². The summed E-state index contributed by atoms with van der Waals surface area (Å²) in [5.41, 5.74) is 2.49. The Balaban J connectivity index is 2.18. The Hall–Kier alpha value is -1.75. The molecular weight excluding hydrogens is 294 g/mol. The van der Waals surface area contributed by atoms with Crippen LogP contribution in [-0.2, 0) is 0 Å². The van der Waals surface area contributed by atoms with Gasteiger partial charge in [-0.15, -0.1) is 0 Å². The molecule has 2 rings (SSSR count). The summed E-state index contributed by atoms with van der Waals surface area (Å²) in [7, 11) is 0. The van der Waals surface area contributed by atoms with E-state index in [1.165, 1.54) is 6.20 Å². The first-order valence-corrected chi connectivity index (χ1v) is 6.21. The molecule has 0 unspecified atom stereocenters. The maximum absolute atomic E-state index is 12.0. The van der Waals surface area contributed by atoms with Crippen molar-refractivity contribution < 1.29 is 4.79 Å². The number of hydrogen-bond acceptors (Lipinski definition) is 3. The zero-order chi connectivity index (χ0) is 13.1. The molecule has 2 aromatic heterocycles. The summed E-state index contributed by atoms with van der Waals surface area (Å²) in [6.07, 6.45) is 4.91. The molecule has 2 aromatic rings. The Morgan fingerprint density at radius 1 is 1.22 bits per heavy atom. The highest BCUT2D eigenvalue weighted by atomic mass is 79.9. The molecule has 0 radical (unpaired) electrons. The highest BCUT2D eigenvalue weighted by molar-refractivity contribution is 9.10.